The van der Waals surface area contributed by atoms with E-state index in [-0.39, 0.29) is 29.9 Å². The van der Waals surface area contributed by atoms with Crippen LogP contribution in [0.5, 0.6) is 0 Å². The maximum absolute atomic E-state index is 11.6. The molecule has 2 fully saturated rings. The van der Waals surface area contributed by atoms with Crippen LogP contribution >= 0.6 is 23.2 Å². The van der Waals surface area contributed by atoms with Crippen LogP contribution in [0.4, 0.5) is 9.59 Å². The van der Waals surface area contributed by atoms with Gasteiger partial charge in [0.15, 0.2) is 5.78 Å². The van der Waals surface area contributed by atoms with Crippen molar-refractivity contribution in [1.29, 1.82) is 0 Å². The summed E-state index contributed by atoms with van der Waals surface area (Å²) in [6.45, 7) is 12.9. The lowest BCUT2D eigenvalue weighted by Crippen LogP contribution is -2.44. The number of carbonyl (C=O) groups excluding carboxylic acids is 3. The van der Waals surface area contributed by atoms with E-state index in [1.54, 1.807) is 4.90 Å². The molecule has 2 aliphatic rings. The van der Waals surface area contributed by atoms with E-state index in [0.29, 0.717) is 26.1 Å². The van der Waals surface area contributed by atoms with Gasteiger partial charge in [-0.15, -0.1) is 23.2 Å². The number of nitrogens with zero attached hydrogens (tertiary/aromatic N) is 2. The van der Waals surface area contributed by atoms with Gasteiger partial charge in [-0.25, -0.2) is 9.59 Å². The fourth-order valence-electron chi connectivity index (χ4n) is 2.77. The molecule has 0 spiro atoms. The van der Waals surface area contributed by atoms with E-state index >= 15 is 0 Å². The van der Waals surface area contributed by atoms with E-state index in [1.807, 2.05) is 41.5 Å². The fraction of sp³-hybridized carbons (Fsp3) is 0.857. The highest BCUT2D eigenvalue weighted by Gasteiger charge is 2.27. The Bertz CT molecular complexity index is 575. The molecule has 10 heteroatoms. The quantitative estimate of drug-likeness (QED) is 0.512. The molecule has 2 amide bonds. The second-order valence-corrected chi connectivity index (χ2v) is 10.2. The molecule has 0 aromatic rings. The smallest absolute Gasteiger partial charge is 0.410 e. The lowest BCUT2D eigenvalue weighted by atomic mass is 10.1. The van der Waals surface area contributed by atoms with Gasteiger partial charge in [-0.05, 0) is 60.8 Å². The van der Waals surface area contributed by atoms with Crippen molar-refractivity contribution in [2.24, 2.45) is 0 Å². The van der Waals surface area contributed by atoms with Crippen LogP contribution < -0.4 is 0 Å². The number of amides is 2. The van der Waals surface area contributed by atoms with E-state index in [4.69, 9.17) is 32.7 Å². The van der Waals surface area contributed by atoms with Crippen molar-refractivity contribution < 1.29 is 29.0 Å². The molecule has 1 unspecified atom stereocenters. The first kappa shape index (κ1) is 29.8. The Balaban J connectivity index is 0.000000516. The predicted octanol–water partition coefficient (Wildman–Crippen LogP) is 4.39. The van der Waals surface area contributed by atoms with Crippen molar-refractivity contribution in [3.05, 3.63) is 0 Å². The number of aliphatic hydroxyl groups is 1. The molecule has 31 heavy (non-hydrogen) atoms. The largest absolute Gasteiger partial charge is 0.444 e. The van der Waals surface area contributed by atoms with Crippen LogP contribution in [0.1, 0.15) is 67.2 Å². The lowest BCUT2D eigenvalue weighted by Gasteiger charge is -2.32. The van der Waals surface area contributed by atoms with Crippen molar-refractivity contribution in [2.45, 2.75) is 84.5 Å². The average molecular weight is 485 g/mol. The van der Waals surface area contributed by atoms with Crippen LogP contribution in [0.25, 0.3) is 0 Å². The number of Topliss-reactive ketones (excluding diaryl/α,β-unsaturated/α-hetero) is 1. The third-order valence-corrected chi connectivity index (χ3v) is 3.95. The molecule has 0 bridgehead atoms. The number of alkyl halides is 2. The Morgan fingerprint density at radius 3 is 1.84 bits per heavy atom. The van der Waals surface area contributed by atoms with Crippen molar-refractivity contribution in [3.8, 4) is 0 Å². The summed E-state index contributed by atoms with van der Waals surface area (Å²) in [6, 6.07) is 0. The van der Waals surface area contributed by atoms with E-state index < -0.39 is 17.3 Å². The van der Waals surface area contributed by atoms with Gasteiger partial charge in [0.1, 0.15) is 11.2 Å². The fourth-order valence-corrected chi connectivity index (χ4v) is 2.77. The number of aliphatic hydroxyl groups excluding tert-OH is 1. The van der Waals surface area contributed by atoms with Gasteiger partial charge >= 0.3 is 12.2 Å². The SMILES string of the molecule is CC(C)(C)OC(=O)N1CCCC(=O)C1.CC(C)(C)OC(=O)N1CCCC(O)C1.ClCCl. The first-order valence-corrected chi connectivity index (χ1v) is 11.5. The average Bonchev–Trinajstić information content (AvgIpc) is 2.60. The summed E-state index contributed by atoms with van der Waals surface area (Å²) in [5.74, 6) is 0.113. The third kappa shape index (κ3) is 15.2. The number of halogens is 2. The summed E-state index contributed by atoms with van der Waals surface area (Å²) >= 11 is 9.53. The monoisotopic (exact) mass is 484 g/mol. The number of likely N-dealkylation sites (tertiary alicyclic amines) is 2. The highest BCUT2D eigenvalue weighted by atomic mass is 35.5. The van der Waals surface area contributed by atoms with Gasteiger partial charge in [0.2, 0.25) is 0 Å². The molecule has 2 rings (SSSR count). The van der Waals surface area contributed by atoms with Gasteiger partial charge in [0, 0.05) is 26.1 Å². The molecule has 1 N–H and O–H groups in total. The highest BCUT2D eigenvalue weighted by Crippen LogP contribution is 2.15. The van der Waals surface area contributed by atoms with Crippen molar-refractivity contribution in [3.63, 3.8) is 0 Å². The first-order chi connectivity index (χ1) is 14.2. The molecule has 2 aliphatic heterocycles. The lowest BCUT2D eigenvalue weighted by molar-refractivity contribution is -0.122. The molecule has 0 aromatic heterocycles. The second kappa shape index (κ2) is 14.0. The second-order valence-electron chi connectivity index (χ2n) is 9.37. The van der Waals surface area contributed by atoms with Crippen LogP contribution in [-0.4, -0.2) is 81.7 Å². The summed E-state index contributed by atoms with van der Waals surface area (Å²) in [5, 5.41) is 9.57. The first-order valence-electron chi connectivity index (χ1n) is 10.5. The summed E-state index contributed by atoms with van der Waals surface area (Å²) in [5.41, 5.74) is -0.947. The summed E-state index contributed by atoms with van der Waals surface area (Å²) in [4.78, 5) is 37.2. The Labute approximate surface area is 196 Å². The number of piperidine rings is 2. The minimum absolute atomic E-state index is 0.113. The van der Waals surface area contributed by atoms with Crippen molar-refractivity contribution >= 4 is 41.2 Å². The minimum atomic E-state index is -0.489. The molecule has 1 atom stereocenters. The summed E-state index contributed by atoms with van der Waals surface area (Å²) in [7, 11) is 0. The van der Waals surface area contributed by atoms with E-state index in [0.717, 1.165) is 19.3 Å². The van der Waals surface area contributed by atoms with Gasteiger partial charge in [0.25, 0.3) is 0 Å². The normalized spacial score (nSPS) is 19.4. The topological polar surface area (TPSA) is 96.4 Å². The zero-order chi connectivity index (χ0) is 24.2. The molecule has 0 radical (unpaired) electrons. The molecule has 0 saturated carbocycles. The molecule has 2 heterocycles. The van der Waals surface area contributed by atoms with E-state index in [9.17, 15) is 19.5 Å². The number of carbonyl (C=O) groups is 3. The molecule has 2 saturated heterocycles. The Kier molecular flexibility index (Phi) is 13.4. The number of hydrogen-bond acceptors (Lipinski definition) is 6. The molecule has 182 valence electrons. The Morgan fingerprint density at radius 2 is 1.42 bits per heavy atom. The van der Waals surface area contributed by atoms with Gasteiger partial charge in [0.05, 0.1) is 18.0 Å². The minimum Gasteiger partial charge on any atom is -0.444 e. The zero-order valence-corrected chi connectivity index (χ0v) is 21.1. The van der Waals surface area contributed by atoms with Gasteiger partial charge in [-0.3, -0.25) is 4.79 Å². The third-order valence-electron chi connectivity index (χ3n) is 3.95. The molecular weight excluding hydrogens is 447 g/mol. The van der Waals surface area contributed by atoms with Crippen LogP contribution in [0.3, 0.4) is 0 Å². The number of rotatable bonds is 0. The molecule has 0 aliphatic carbocycles. The van der Waals surface area contributed by atoms with Crippen LogP contribution in [0.15, 0.2) is 0 Å². The standard InChI is InChI=1S/C10H19NO3.C10H17NO3.CH2Cl2/c2*1-10(2,3)14-9(13)11-6-4-5-8(12)7-11;2-1-3/h8,12H,4-7H2,1-3H3;4-7H2,1-3H3;1H2. The van der Waals surface area contributed by atoms with Crippen LogP contribution in [-0.2, 0) is 14.3 Å². The van der Waals surface area contributed by atoms with Crippen LogP contribution in [0.2, 0.25) is 0 Å². The van der Waals surface area contributed by atoms with Crippen LogP contribution in [0, 0.1) is 0 Å². The maximum Gasteiger partial charge on any atom is 0.410 e. The van der Waals surface area contributed by atoms with Crippen molar-refractivity contribution in [2.75, 3.05) is 31.5 Å². The summed E-state index contributed by atoms with van der Waals surface area (Å²) in [6.07, 6.45) is 1.86. The molecule has 0 aromatic carbocycles. The van der Waals surface area contributed by atoms with E-state index in [1.165, 1.54) is 4.90 Å². The Morgan fingerprint density at radius 1 is 0.968 bits per heavy atom. The number of hydrogen-bond donors (Lipinski definition) is 1. The summed E-state index contributed by atoms with van der Waals surface area (Å²) < 4.78 is 10.4. The number of ketones is 1. The highest BCUT2D eigenvalue weighted by molar-refractivity contribution is 6.40. The van der Waals surface area contributed by atoms with E-state index in [2.05, 4.69) is 0 Å². The van der Waals surface area contributed by atoms with Gasteiger partial charge < -0.3 is 24.4 Å². The maximum atomic E-state index is 11.6. The zero-order valence-electron chi connectivity index (χ0n) is 19.6. The Hall–Kier alpha value is -1.25. The molecular formula is C21H38Cl2N2O6. The number of β-amino-alcohol motifs (C(OH)–C–C–N with tert-alkyl or cyclic N) is 1. The predicted molar refractivity (Wildman–Crippen MR) is 122 cm³/mol. The van der Waals surface area contributed by atoms with Gasteiger partial charge in [-0.1, -0.05) is 0 Å². The van der Waals surface area contributed by atoms with Gasteiger partial charge in [-0.2, -0.15) is 0 Å². The van der Waals surface area contributed by atoms with Crippen molar-refractivity contribution in [1.82, 2.24) is 9.80 Å². The number of ether oxygens (including phenoxy) is 2. The molecule has 8 nitrogen and oxygen atoms in total.